The second kappa shape index (κ2) is 8.98. The summed E-state index contributed by atoms with van der Waals surface area (Å²) in [6, 6.07) is 5.91. The average molecular weight is 358 g/mol. The summed E-state index contributed by atoms with van der Waals surface area (Å²) in [5.41, 5.74) is 0.861. The number of nitrogens with one attached hydrogen (secondary N) is 2. The van der Waals surface area contributed by atoms with Gasteiger partial charge in [-0.2, -0.15) is 0 Å². The highest BCUT2D eigenvalue weighted by Crippen LogP contribution is 2.16. The van der Waals surface area contributed by atoms with Crippen LogP contribution in [0.1, 0.15) is 32.5 Å². The Labute approximate surface area is 155 Å². The number of hydrogen-bond donors (Lipinski definition) is 2. The van der Waals surface area contributed by atoms with Crippen LogP contribution in [0.25, 0.3) is 5.65 Å². The number of rotatable bonds is 6. The van der Waals surface area contributed by atoms with Gasteiger partial charge in [0.2, 0.25) is 0 Å². The highest BCUT2D eigenvalue weighted by atomic mass is 15.3. The molecule has 0 spiro atoms. The lowest BCUT2D eigenvalue weighted by atomic mass is 9.97. The molecule has 0 bridgehead atoms. The van der Waals surface area contributed by atoms with Crippen LogP contribution in [0.4, 0.5) is 0 Å². The smallest absolute Gasteiger partial charge is 0.191 e. The number of nitrogens with zero attached hydrogens (tertiary/aromatic N) is 5. The summed E-state index contributed by atoms with van der Waals surface area (Å²) in [5, 5.41) is 15.3. The average Bonchev–Trinajstić information content (AvgIpc) is 3.05. The number of guanidine groups is 1. The fourth-order valence-electron chi connectivity index (χ4n) is 3.64. The van der Waals surface area contributed by atoms with E-state index in [0.29, 0.717) is 12.5 Å². The predicted octanol–water partition coefficient (Wildman–Crippen LogP) is 1.76. The van der Waals surface area contributed by atoms with Crippen molar-refractivity contribution in [2.24, 2.45) is 16.8 Å². The molecule has 7 heteroatoms. The summed E-state index contributed by atoms with van der Waals surface area (Å²) in [5.74, 6) is 3.10. The van der Waals surface area contributed by atoms with E-state index in [0.717, 1.165) is 29.9 Å². The van der Waals surface area contributed by atoms with Crippen LogP contribution < -0.4 is 10.6 Å². The van der Waals surface area contributed by atoms with Crippen LogP contribution in [0.2, 0.25) is 0 Å². The quantitative estimate of drug-likeness (QED) is 0.609. The van der Waals surface area contributed by atoms with Gasteiger partial charge in [0.05, 0.1) is 6.54 Å². The lowest BCUT2D eigenvalue weighted by molar-refractivity contribution is 0.159. The first kappa shape index (κ1) is 18.6. The van der Waals surface area contributed by atoms with Gasteiger partial charge < -0.3 is 15.5 Å². The third-order valence-electron chi connectivity index (χ3n) is 4.81. The second-order valence-corrected chi connectivity index (χ2v) is 7.51. The van der Waals surface area contributed by atoms with E-state index in [1.165, 1.54) is 32.5 Å². The number of aromatic nitrogens is 3. The lowest BCUT2D eigenvalue weighted by Crippen LogP contribution is -2.45. The molecule has 2 aromatic rings. The van der Waals surface area contributed by atoms with Crippen molar-refractivity contribution < 1.29 is 0 Å². The van der Waals surface area contributed by atoms with E-state index in [9.17, 15) is 0 Å². The Bertz CT molecular complexity index is 722. The predicted molar refractivity (Wildman–Crippen MR) is 105 cm³/mol. The highest BCUT2D eigenvalue weighted by Gasteiger charge is 2.20. The minimum absolute atomic E-state index is 0.592. The fraction of sp³-hybridized carbons (Fsp3) is 0.632. The van der Waals surface area contributed by atoms with Gasteiger partial charge in [0, 0.05) is 32.9 Å². The normalized spacial score (nSPS) is 19.2. The summed E-state index contributed by atoms with van der Waals surface area (Å²) in [6.45, 7) is 9.75. The van der Waals surface area contributed by atoms with Crippen LogP contribution in [-0.2, 0) is 6.54 Å². The van der Waals surface area contributed by atoms with Gasteiger partial charge in [0.1, 0.15) is 0 Å². The van der Waals surface area contributed by atoms with Crippen molar-refractivity contribution in [1.82, 2.24) is 30.1 Å². The maximum Gasteiger partial charge on any atom is 0.191 e. The van der Waals surface area contributed by atoms with Gasteiger partial charge >= 0.3 is 0 Å². The number of hydrogen-bond acceptors (Lipinski definition) is 4. The van der Waals surface area contributed by atoms with Crippen molar-refractivity contribution in [2.45, 2.75) is 33.2 Å². The van der Waals surface area contributed by atoms with E-state index in [1.807, 2.05) is 35.8 Å². The first-order valence-corrected chi connectivity index (χ1v) is 9.61. The highest BCUT2D eigenvalue weighted by molar-refractivity contribution is 5.79. The number of pyridine rings is 1. The Kier molecular flexibility index (Phi) is 6.44. The van der Waals surface area contributed by atoms with Crippen molar-refractivity contribution in [3.63, 3.8) is 0 Å². The Morgan fingerprint density at radius 2 is 2.19 bits per heavy atom. The minimum Gasteiger partial charge on any atom is -0.356 e. The van der Waals surface area contributed by atoms with Crippen LogP contribution in [0.15, 0.2) is 29.4 Å². The maximum absolute atomic E-state index is 4.34. The van der Waals surface area contributed by atoms with Gasteiger partial charge in [-0.3, -0.25) is 9.39 Å². The number of fused-ring (bicyclic) bond motifs is 1. The van der Waals surface area contributed by atoms with Crippen molar-refractivity contribution in [3.8, 4) is 0 Å². The summed E-state index contributed by atoms with van der Waals surface area (Å²) < 4.78 is 1.99. The molecule has 26 heavy (non-hydrogen) atoms. The van der Waals surface area contributed by atoms with Gasteiger partial charge in [-0.15, -0.1) is 10.2 Å². The molecule has 0 saturated carbocycles. The third-order valence-corrected chi connectivity index (χ3v) is 4.81. The molecule has 0 aromatic carbocycles. The van der Waals surface area contributed by atoms with Crippen molar-refractivity contribution in [3.05, 3.63) is 30.2 Å². The van der Waals surface area contributed by atoms with E-state index < -0.39 is 0 Å². The van der Waals surface area contributed by atoms with Crippen molar-refractivity contribution in [1.29, 1.82) is 0 Å². The third kappa shape index (κ3) is 4.94. The summed E-state index contributed by atoms with van der Waals surface area (Å²) in [4.78, 5) is 6.94. The topological polar surface area (TPSA) is 69.8 Å². The molecule has 2 aromatic heterocycles. The molecule has 1 saturated heterocycles. The summed E-state index contributed by atoms with van der Waals surface area (Å²) in [6.07, 6.45) is 4.55. The molecule has 1 fully saturated rings. The monoisotopic (exact) mass is 357 g/mol. The van der Waals surface area contributed by atoms with Crippen LogP contribution in [0.5, 0.6) is 0 Å². The minimum atomic E-state index is 0.592. The molecule has 7 nitrogen and oxygen atoms in total. The summed E-state index contributed by atoms with van der Waals surface area (Å²) in [7, 11) is 1.81. The summed E-state index contributed by atoms with van der Waals surface area (Å²) >= 11 is 0. The molecule has 3 rings (SSSR count). The molecular weight excluding hydrogens is 326 g/mol. The van der Waals surface area contributed by atoms with Crippen molar-refractivity contribution in [2.75, 3.05) is 33.2 Å². The number of piperidine rings is 1. The Balaban J connectivity index is 1.47. The largest absolute Gasteiger partial charge is 0.356 e. The molecule has 0 aliphatic carbocycles. The molecule has 0 amide bonds. The van der Waals surface area contributed by atoms with Crippen molar-refractivity contribution >= 4 is 11.6 Å². The Morgan fingerprint density at radius 1 is 1.31 bits per heavy atom. The standard InChI is InChI=1S/C19H31N7/c1-15(2)13-25-9-6-7-16(14-25)11-21-19(20-3)22-12-18-24-23-17-8-4-5-10-26(17)18/h4-5,8,10,15-16H,6-7,9,11-14H2,1-3H3,(H2,20,21,22). The SMILES string of the molecule is CN=C(NCc1nnc2ccccn12)NCC1CCCN(CC(C)C)C1. The van der Waals surface area contributed by atoms with E-state index in [-0.39, 0.29) is 0 Å². The fourth-order valence-corrected chi connectivity index (χ4v) is 3.64. The van der Waals surface area contributed by atoms with E-state index in [4.69, 9.17) is 0 Å². The zero-order valence-corrected chi connectivity index (χ0v) is 16.1. The van der Waals surface area contributed by atoms with Gasteiger partial charge in [-0.1, -0.05) is 19.9 Å². The molecule has 1 aliphatic rings. The Morgan fingerprint density at radius 3 is 3.00 bits per heavy atom. The van der Waals surface area contributed by atoms with Crippen LogP contribution in [0.3, 0.4) is 0 Å². The van der Waals surface area contributed by atoms with E-state index in [2.05, 4.69) is 44.6 Å². The van der Waals surface area contributed by atoms with Crippen LogP contribution >= 0.6 is 0 Å². The first-order chi connectivity index (χ1) is 12.7. The van der Waals surface area contributed by atoms with Gasteiger partial charge in [-0.05, 0) is 43.4 Å². The maximum atomic E-state index is 4.34. The molecule has 3 heterocycles. The number of likely N-dealkylation sites (tertiary alicyclic amines) is 1. The molecular formula is C19H31N7. The molecule has 0 radical (unpaired) electrons. The second-order valence-electron chi connectivity index (χ2n) is 7.51. The molecule has 142 valence electrons. The van der Waals surface area contributed by atoms with Gasteiger partial charge in [-0.25, -0.2) is 0 Å². The molecule has 1 aliphatic heterocycles. The van der Waals surface area contributed by atoms with Crippen LogP contribution in [0, 0.1) is 11.8 Å². The van der Waals surface area contributed by atoms with Gasteiger partial charge in [0.25, 0.3) is 0 Å². The number of aliphatic imine (C=N–C) groups is 1. The zero-order chi connectivity index (χ0) is 18.4. The van der Waals surface area contributed by atoms with Crippen LogP contribution in [-0.4, -0.2) is 58.7 Å². The van der Waals surface area contributed by atoms with E-state index in [1.54, 1.807) is 0 Å². The zero-order valence-electron chi connectivity index (χ0n) is 16.1. The molecule has 2 N–H and O–H groups in total. The lowest BCUT2D eigenvalue weighted by Gasteiger charge is -2.34. The van der Waals surface area contributed by atoms with E-state index >= 15 is 0 Å². The molecule has 1 unspecified atom stereocenters. The molecule has 1 atom stereocenters. The Hall–Kier alpha value is -2.15. The first-order valence-electron chi connectivity index (χ1n) is 9.61. The van der Waals surface area contributed by atoms with Gasteiger partial charge in [0.15, 0.2) is 17.4 Å².